The lowest BCUT2D eigenvalue weighted by Crippen LogP contribution is -2.65. The number of methoxy groups -OCH3 is 1. The Morgan fingerprint density at radius 2 is 1.87 bits per heavy atom. The fraction of sp³-hybridized carbons (Fsp3) is 0.400. The van der Waals surface area contributed by atoms with Gasteiger partial charge in [-0.3, -0.25) is 19.4 Å². The minimum absolute atomic E-state index is 0.427. The Hall–Kier alpha value is -3.56. The van der Waals surface area contributed by atoms with E-state index in [0.717, 1.165) is 22.0 Å². The predicted molar refractivity (Wildman–Crippen MR) is 111 cm³/mol. The zero-order valence-corrected chi connectivity index (χ0v) is 17.6. The van der Waals surface area contributed by atoms with E-state index in [-0.39, 0.29) is 0 Å². The minimum atomic E-state index is -0.728. The van der Waals surface area contributed by atoms with Gasteiger partial charge in [0.15, 0.2) is 12.2 Å². The second-order valence-corrected chi connectivity index (χ2v) is 7.61. The summed E-state index contributed by atoms with van der Waals surface area (Å²) in [4.78, 5) is 50.3. The van der Waals surface area contributed by atoms with E-state index in [4.69, 9.17) is 4.99 Å². The first-order valence-corrected chi connectivity index (χ1v) is 9.51. The van der Waals surface area contributed by atoms with Gasteiger partial charge in [-0.15, -0.1) is 0 Å². The van der Waals surface area contributed by atoms with Crippen LogP contribution < -0.4 is 9.80 Å². The van der Waals surface area contributed by atoms with Crippen LogP contribution in [-0.4, -0.2) is 85.6 Å². The number of hydrogen-bond donors (Lipinski definition) is 0. The van der Waals surface area contributed by atoms with Crippen molar-refractivity contribution in [3.8, 4) is 0 Å². The number of nitrogens with zero attached hydrogens (tertiary/aromatic N) is 6. The average Bonchev–Trinajstić information content (AvgIpc) is 3.24. The first-order chi connectivity index (χ1) is 14.2. The van der Waals surface area contributed by atoms with Crippen LogP contribution in [0.25, 0.3) is 0 Å². The third-order valence-electron chi connectivity index (χ3n) is 5.53. The van der Waals surface area contributed by atoms with Gasteiger partial charge < -0.3 is 19.4 Å². The van der Waals surface area contributed by atoms with Crippen LogP contribution in [0.5, 0.6) is 0 Å². The summed E-state index contributed by atoms with van der Waals surface area (Å²) in [6.07, 6.45) is 1.18. The van der Waals surface area contributed by atoms with Gasteiger partial charge in [-0.05, 0) is 31.2 Å². The van der Waals surface area contributed by atoms with Gasteiger partial charge in [0, 0.05) is 44.4 Å². The van der Waals surface area contributed by atoms with Gasteiger partial charge in [0.25, 0.3) is 5.91 Å². The number of urea groups is 1. The first-order valence-electron chi connectivity index (χ1n) is 9.51. The normalized spacial score (nSPS) is 22.7. The van der Waals surface area contributed by atoms with Gasteiger partial charge in [0.1, 0.15) is 6.54 Å². The third-order valence-corrected chi connectivity index (χ3v) is 5.53. The number of amides is 3. The molecule has 10 heteroatoms. The molecule has 2 unspecified atom stereocenters. The van der Waals surface area contributed by atoms with Crippen LogP contribution in [0.2, 0.25) is 0 Å². The molecule has 0 spiro atoms. The van der Waals surface area contributed by atoms with E-state index in [0.29, 0.717) is 5.96 Å². The Morgan fingerprint density at radius 1 is 1.20 bits per heavy atom. The Labute approximate surface area is 174 Å². The second kappa shape index (κ2) is 7.05. The largest absolute Gasteiger partial charge is 0.468 e. The van der Waals surface area contributed by atoms with Gasteiger partial charge in [-0.1, -0.05) is 0 Å². The number of likely N-dealkylation sites (N-methyl/N-ethyl adjacent to an activating group) is 1. The predicted octanol–water partition coefficient (Wildman–Crippen LogP) is 0.867. The molecule has 1 fully saturated rings. The second-order valence-electron chi connectivity index (χ2n) is 7.61. The van der Waals surface area contributed by atoms with Crippen LogP contribution in [0.3, 0.4) is 0 Å². The molecule has 1 aromatic rings. The Bertz CT molecular complexity index is 970. The highest BCUT2D eigenvalue weighted by Crippen LogP contribution is 2.36. The van der Waals surface area contributed by atoms with E-state index >= 15 is 0 Å². The molecule has 3 heterocycles. The van der Waals surface area contributed by atoms with Crippen LogP contribution in [0.15, 0.2) is 41.2 Å². The molecule has 0 aliphatic carbocycles. The average molecular weight is 412 g/mol. The molecule has 3 amide bonds. The number of fused-ring (bicyclic) bond motifs is 3. The van der Waals surface area contributed by atoms with Crippen molar-refractivity contribution in [3.63, 3.8) is 0 Å². The summed E-state index contributed by atoms with van der Waals surface area (Å²) in [6.45, 7) is 1.51. The Kier molecular flexibility index (Phi) is 4.64. The number of carbonyl (C=O) groups is 3. The molecule has 1 saturated heterocycles. The molecule has 0 bridgehead atoms. The number of rotatable bonds is 4. The number of ether oxygens (including phenoxy) is 1. The van der Waals surface area contributed by atoms with Gasteiger partial charge in [-0.2, -0.15) is 0 Å². The van der Waals surface area contributed by atoms with E-state index in [1.54, 1.807) is 11.9 Å². The smallest absolute Gasteiger partial charge is 0.328 e. The summed E-state index contributed by atoms with van der Waals surface area (Å²) in [6, 6.07) is 6.69. The van der Waals surface area contributed by atoms with Crippen molar-refractivity contribution < 1.29 is 19.1 Å². The molecule has 4 rings (SSSR count). The van der Waals surface area contributed by atoms with Gasteiger partial charge in [-0.25, -0.2) is 9.79 Å². The molecule has 3 aliphatic rings. The molecular weight excluding hydrogens is 388 g/mol. The molecule has 3 aliphatic heterocycles. The molecule has 0 radical (unpaired) electrons. The number of imide groups is 1. The van der Waals surface area contributed by atoms with Crippen molar-refractivity contribution in [2.24, 2.45) is 4.99 Å². The zero-order valence-electron chi connectivity index (χ0n) is 17.6. The van der Waals surface area contributed by atoms with Crippen LogP contribution in [0.1, 0.15) is 6.92 Å². The van der Waals surface area contributed by atoms with Crippen molar-refractivity contribution in [1.82, 2.24) is 14.7 Å². The number of aliphatic imine (C=N–C) groups is 1. The maximum atomic E-state index is 13.1. The summed E-state index contributed by atoms with van der Waals surface area (Å²) in [5.74, 6) is -0.549. The zero-order chi connectivity index (χ0) is 21.7. The molecule has 0 saturated carbocycles. The van der Waals surface area contributed by atoms with Crippen LogP contribution >= 0.6 is 0 Å². The van der Waals surface area contributed by atoms with Crippen molar-refractivity contribution in [2.75, 3.05) is 44.6 Å². The SMILES string of the molecule is COC(=O)CN1C(=O)C2C(N=C3N(c4ccc(N(C)C)cc4)C(C)=CN32)N(C)C1=O. The third kappa shape index (κ3) is 2.87. The van der Waals surface area contributed by atoms with Gasteiger partial charge in [0.05, 0.1) is 7.11 Å². The molecule has 0 N–H and O–H groups in total. The molecule has 2 atom stereocenters. The summed E-state index contributed by atoms with van der Waals surface area (Å²) >= 11 is 0. The maximum absolute atomic E-state index is 13.1. The van der Waals surface area contributed by atoms with Crippen LogP contribution in [0, 0.1) is 0 Å². The molecular formula is C20H24N6O4. The minimum Gasteiger partial charge on any atom is -0.468 e. The highest BCUT2D eigenvalue weighted by molar-refractivity contribution is 6.10. The summed E-state index contributed by atoms with van der Waals surface area (Å²) in [5.41, 5.74) is 2.87. The molecule has 0 aromatic heterocycles. The maximum Gasteiger partial charge on any atom is 0.328 e. The number of anilines is 2. The molecule has 30 heavy (non-hydrogen) atoms. The number of hydrogen-bond acceptors (Lipinski definition) is 8. The van der Waals surface area contributed by atoms with E-state index in [2.05, 4.69) is 4.74 Å². The lowest BCUT2D eigenvalue weighted by Gasteiger charge is -2.39. The van der Waals surface area contributed by atoms with Crippen LogP contribution in [0.4, 0.5) is 16.2 Å². The van der Waals surface area contributed by atoms with Crippen molar-refractivity contribution in [1.29, 1.82) is 0 Å². The van der Waals surface area contributed by atoms with Crippen molar-refractivity contribution >= 4 is 35.2 Å². The lowest BCUT2D eigenvalue weighted by molar-refractivity contribution is -0.148. The standard InChI is InChI=1S/C20H24N6O4/c1-12-10-24-16-17(23(4)20(29)25(18(16)28)11-15(27)30-5)21-19(24)26(12)14-8-6-13(7-9-14)22(2)3/h6-10,16-17H,11H2,1-5H3. The van der Waals surface area contributed by atoms with E-state index in [1.807, 2.05) is 61.3 Å². The summed E-state index contributed by atoms with van der Waals surface area (Å²) in [7, 11) is 6.75. The number of carbonyl (C=O) groups excluding carboxylic acids is 3. The van der Waals surface area contributed by atoms with Crippen molar-refractivity contribution in [2.45, 2.75) is 19.1 Å². The number of guanidine groups is 1. The topological polar surface area (TPSA) is 89.0 Å². The Balaban J connectivity index is 1.66. The number of esters is 1. The van der Waals surface area contributed by atoms with Gasteiger partial charge in [0.2, 0.25) is 5.96 Å². The number of allylic oxidation sites excluding steroid dienone is 1. The Morgan fingerprint density at radius 3 is 2.47 bits per heavy atom. The fourth-order valence-electron chi connectivity index (χ4n) is 3.91. The number of benzene rings is 1. The summed E-state index contributed by atoms with van der Waals surface area (Å²) < 4.78 is 4.63. The highest BCUT2D eigenvalue weighted by Gasteiger charge is 2.54. The summed E-state index contributed by atoms with van der Waals surface area (Å²) in [5, 5.41) is 0. The van der Waals surface area contributed by atoms with E-state index in [9.17, 15) is 14.4 Å². The van der Waals surface area contributed by atoms with E-state index < -0.39 is 36.7 Å². The van der Waals surface area contributed by atoms with Crippen LogP contribution in [-0.2, 0) is 14.3 Å². The molecule has 10 nitrogen and oxygen atoms in total. The monoisotopic (exact) mass is 412 g/mol. The van der Waals surface area contributed by atoms with Crippen molar-refractivity contribution in [3.05, 3.63) is 36.2 Å². The molecule has 1 aromatic carbocycles. The van der Waals surface area contributed by atoms with E-state index in [1.165, 1.54) is 12.0 Å². The van der Waals surface area contributed by atoms with Gasteiger partial charge >= 0.3 is 12.0 Å². The first kappa shape index (κ1) is 19.7. The quantitative estimate of drug-likeness (QED) is 0.678. The highest BCUT2D eigenvalue weighted by atomic mass is 16.5. The molecule has 158 valence electrons. The lowest BCUT2D eigenvalue weighted by atomic mass is 10.1. The fourth-order valence-corrected chi connectivity index (χ4v) is 3.91.